The average molecular weight is 522 g/mol. The Balaban J connectivity index is 3.37. The predicted octanol–water partition coefficient (Wildman–Crippen LogP) is 5.05. The van der Waals surface area contributed by atoms with Crippen LogP contribution in [0.1, 0.15) is 87.8 Å². The molecule has 0 aliphatic heterocycles. The molecule has 1 aromatic heterocycles. The first kappa shape index (κ1) is 31.4. The van der Waals surface area contributed by atoms with Crippen molar-refractivity contribution in [3.8, 4) is 12.3 Å². The van der Waals surface area contributed by atoms with Crippen LogP contribution in [0.3, 0.4) is 0 Å². The van der Waals surface area contributed by atoms with Crippen LogP contribution in [0.4, 0.5) is 0 Å². The standard InChI is InChI=1S/C25H39N5O5S/c1-6-8-9-10-12-30(24(32)22(28-29-26)18(5)7-2)20(17(3)4)15-21(35-14-11-13-31)23-27-19(16-36-23)25(33)34/h1,16-18,20-22,31H,7-15H2,2-5H3,(H,33,34)/t18-,20+,21+,22-/m0/s1. The molecule has 0 bridgehead atoms. The number of aliphatic hydroxyl groups is 1. The van der Waals surface area contributed by atoms with E-state index in [0.29, 0.717) is 43.7 Å². The minimum absolute atomic E-state index is 0.0214. The van der Waals surface area contributed by atoms with Crippen LogP contribution in [0.15, 0.2) is 10.5 Å². The molecule has 0 saturated heterocycles. The molecule has 0 spiro atoms. The maximum Gasteiger partial charge on any atom is 0.355 e. The third kappa shape index (κ3) is 9.78. The highest BCUT2D eigenvalue weighted by atomic mass is 32.1. The second-order valence-corrected chi connectivity index (χ2v) is 9.98. The second kappa shape index (κ2) is 16.9. The van der Waals surface area contributed by atoms with Crippen molar-refractivity contribution in [3.63, 3.8) is 0 Å². The number of unbranched alkanes of at least 4 members (excludes halogenated alkanes) is 2. The van der Waals surface area contributed by atoms with Crippen LogP contribution >= 0.6 is 11.3 Å². The highest BCUT2D eigenvalue weighted by molar-refractivity contribution is 7.09. The largest absolute Gasteiger partial charge is 0.476 e. The van der Waals surface area contributed by atoms with Gasteiger partial charge in [-0.25, -0.2) is 9.78 Å². The fraction of sp³-hybridized carbons (Fsp3) is 0.720. The lowest BCUT2D eigenvalue weighted by Crippen LogP contribution is -2.49. The van der Waals surface area contributed by atoms with Crippen molar-refractivity contribution >= 4 is 23.2 Å². The van der Waals surface area contributed by atoms with Crippen molar-refractivity contribution in [3.05, 3.63) is 26.5 Å². The summed E-state index contributed by atoms with van der Waals surface area (Å²) in [5.41, 5.74) is 9.08. The number of hydrogen-bond acceptors (Lipinski definition) is 7. The van der Waals surface area contributed by atoms with E-state index in [9.17, 15) is 19.8 Å². The van der Waals surface area contributed by atoms with Crippen LogP contribution in [0.25, 0.3) is 10.4 Å². The number of rotatable bonds is 18. The van der Waals surface area contributed by atoms with Crippen LogP contribution < -0.4 is 0 Å². The van der Waals surface area contributed by atoms with E-state index in [0.717, 1.165) is 6.42 Å². The van der Waals surface area contributed by atoms with Crippen molar-refractivity contribution < 1.29 is 24.5 Å². The van der Waals surface area contributed by atoms with Crippen LogP contribution in [-0.4, -0.2) is 63.8 Å². The number of aromatic nitrogens is 1. The third-order valence-corrected chi connectivity index (χ3v) is 7.07. The quantitative estimate of drug-likeness (QED) is 0.0907. The fourth-order valence-electron chi connectivity index (χ4n) is 3.85. The van der Waals surface area contributed by atoms with E-state index in [1.807, 2.05) is 27.7 Å². The number of aliphatic hydroxyl groups excluding tert-OH is 1. The van der Waals surface area contributed by atoms with E-state index >= 15 is 0 Å². The molecule has 0 aliphatic carbocycles. The van der Waals surface area contributed by atoms with Gasteiger partial charge in [0.1, 0.15) is 17.2 Å². The minimum Gasteiger partial charge on any atom is -0.476 e. The maximum atomic E-state index is 13.8. The molecule has 1 rings (SSSR count). The summed E-state index contributed by atoms with van der Waals surface area (Å²) in [5.74, 6) is 1.15. The number of nitrogens with zero attached hydrogens (tertiary/aromatic N) is 5. The van der Waals surface area contributed by atoms with Crippen molar-refractivity contribution in [2.45, 2.75) is 84.4 Å². The molecule has 0 radical (unpaired) electrons. The Hall–Kier alpha value is -2.64. The van der Waals surface area contributed by atoms with Gasteiger partial charge in [-0.15, -0.1) is 23.7 Å². The fourth-order valence-corrected chi connectivity index (χ4v) is 4.70. The van der Waals surface area contributed by atoms with Crippen molar-refractivity contribution in [2.24, 2.45) is 17.0 Å². The van der Waals surface area contributed by atoms with Gasteiger partial charge in [0.05, 0.1) is 0 Å². The number of carboxylic acid groups (broad SMARTS) is 1. The molecule has 36 heavy (non-hydrogen) atoms. The van der Waals surface area contributed by atoms with Gasteiger partial charge in [0, 0.05) is 48.9 Å². The number of thiazole rings is 1. The summed E-state index contributed by atoms with van der Waals surface area (Å²) in [5, 5.41) is 24.3. The Morgan fingerprint density at radius 3 is 2.58 bits per heavy atom. The maximum absolute atomic E-state index is 13.8. The number of terminal acetylenes is 1. The summed E-state index contributed by atoms with van der Waals surface area (Å²) >= 11 is 1.19. The molecule has 0 saturated carbocycles. The Labute approximate surface area is 217 Å². The molecule has 0 unspecified atom stereocenters. The van der Waals surface area contributed by atoms with Crippen LogP contribution in [-0.2, 0) is 9.53 Å². The first-order valence-electron chi connectivity index (χ1n) is 12.4. The number of hydrogen-bond donors (Lipinski definition) is 2. The number of carbonyl (C=O) groups is 2. The van der Waals surface area contributed by atoms with Crippen molar-refractivity contribution in [1.29, 1.82) is 0 Å². The van der Waals surface area contributed by atoms with Crippen molar-refractivity contribution in [1.82, 2.24) is 9.88 Å². The molecule has 1 heterocycles. The third-order valence-electron chi connectivity index (χ3n) is 6.13. The first-order chi connectivity index (χ1) is 17.2. The summed E-state index contributed by atoms with van der Waals surface area (Å²) in [4.78, 5) is 34.1. The van der Waals surface area contributed by atoms with Gasteiger partial charge >= 0.3 is 5.97 Å². The zero-order valence-electron chi connectivity index (χ0n) is 21.7. The summed E-state index contributed by atoms with van der Waals surface area (Å²) < 4.78 is 6.04. The predicted molar refractivity (Wildman–Crippen MR) is 139 cm³/mol. The highest BCUT2D eigenvalue weighted by Gasteiger charge is 2.35. The van der Waals surface area contributed by atoms with Crippen molar-refractivity contribution in [2.75, 3.05) is 19.8 Å². The summed E-state index contributed by atoms with van der Waals surface area (Å²) in [6.45, 7) is 8.52. The van der Waals surface area contributed by atoms with E-state index in [1.165, 1.54) is 16.7 Å². The lowest BCUT2D eigenvalue weighted by molar-refractivity contribution is -0.138. The highest BCUT2D eigenvalue weighted by Crippen LogP contribution is 2.32. The molecule has 10 nitrogen and oxygen atoms in total. The molecule has 1 aromatic rings. The molecule has 4 atom stereocenters. The smallest absolute Gasteiger partial charge is 0.355 e. The molecule has 0 fully saturated rings. The normalized spacial score (nSPS) is 14.4. The summed E-state index contributed by atoms with van der Waals surface area (Å²) in [7, 11) is 0. The van der Waals surface area contributed by atoms with Gasteiger partial charge in [-0.3, -0.25) is 4.79 Å². The number of azide groups is 1. The Morgan fingerprint density at radius 1 is 1.33 bits per heavy atom. The van der Waals surface area contributed by atoms with E-state index < -0.39 is 18.1 Å². The van der Waals surface area contributed by atoms with E-state index in [-0.39, 0.29) is 42.7 Å². The van der Waals surface area contributed by atoms with Crippen LogP contribution in [0.5, 0.6) is 0 Å². The molecule has 11 heteroatoms. The van der Waals surface area contributed by atoms with Gasteiger partial charge in [-0.05, 0) is 36.6 Å². The molecule has 0 aliphatic rings. The van der Waals surface area contributed by atoms with E-state index in [2.05, 4.69) is 20.9 Å². The van der Waals surface area contributed by atoms with Gasteiger partial charge in [0.15, 0.2) is 5.69 Å². The lowest BCUT2D eigenvalue weighted by atomic mass is 9.92. The number of carboxylic acids is 1. The lowest BCUT2D eigenvalue weighted by Gasteiger charge is -2.38. The van der Waals surface area contributed by atoms with Gasteiger partial charge in [0.2, 0.25) is 5.91 Å². The number of ether oxygens (including phenoxy) is 1. The minimum atomic E-state index is -1.12. The molecular formula is C25H39N5O5S. The zero-order chi connectivity index (χ0) is 27.1. The van der Waals surface area contributed by atoms with E-state index in [1.54, 1.807) is 4.90 Å². The van der Waals surface area contributed by atoms with Crippen LogP contribution in [0.2, 0.25) is 0 Å². The molecule has 2 N–H and O–H groups in total. The van der Waals surface area contributed by atoms with Gasteiger partial charge in [0.25, 0.3) is 0 Å². The van der Waals surface area contributed by atoms with E-state index in [4.69, 9.17) is 16.7 Å². The number of amides is 1. The molecule has 0 aromatic carbocycles. The average Bonchev–Trinajstić information content (AvgIpc) is 3.35. The molecule has 1 amide bonds. The Morgan fingerprint density at radius 2 is 2.06 bits per heavy atom. The van der Waals surface area contributed by atoms with Gasteiger partial charge in [-0.2, -0.15) is 0 Å². The Bertz CT molecular complexity index is 909. The topological polar surface area (TPSA) is 149 Å². The van der Waals surface area contributed by atoms with Crippen LogP contribution in [0, 0.1) is 24.2 Å². The zero-order valence-corrected chi connectivity index (χ0v) is 22.5. The Kier molecular flexibility index (Phi) is 14.8. The monoisotopic (exact) mass is 521 g/mol. The SMILES string of the molecule is C#CCCCCN(C(=O)[C@@H](N=[N+]=[N-])[C@@H](C)CC)[C@H](C[C@@H](OCCCO)c1nc(C(=O)O)cs1)C(C)C. The molecule has 200 valence electrons. The second-order valence-electron chi connectivity index (χ2n) is 9.09. The summed E-state index contributed by atoms with van der Waals surface area (Å²) in [6, 6.07) is -1.12. The molecular weight excluding hydrogens is 482 g/mol. The number of aromatic carboxylic acids is 1. The summed E-state index contributed by atoms with van der Waals surface area (Å²) in [6.07, 6.45) is 8.36. The van der Waals surface area contributed by atoms with Gasteiger partial charge < -0.3 is 19.8 Å². The van der Waals surface area contributed by atoms with Gasteiger partial charge in [-0.1, -0.05) is 39.2 Å². The number of carbonyl (C=O) groups excluding carboxylic acids is 1. The first-order valence-corrected chi connectivity index (χ1v) is 13.3.